The molecule has 74 valence electrons. The van der Waals surface area contributed by atoms with E-state index in [2.05, 4.69) is 30.9 Å². The van der Waals surface area contributed by atoms with E-state index in [4.69, 9.17) is 11.6 Å². The highest BCUT2D eigenvalue weighted by Crippen LogP contribution is 2.20. The third kappa shape index (κ3) is 2.12. The Morgan fingerprint density at radius 2 is 2.08 bits per heavy atom. The van der Waals surface area contributed by atoms with Crippen molar-refractivity contribution in [1.29, 1.82) is 0 Å². The molecule has 1 aliphatic rings. The predicted octanol–water partition coefficient (Wildman–Crippen LogP) is 1.88. The van der Waals surface area contributed by atoms with Crippen LogP contribution in [0.3, 0.4) is 0 Å². The summed E-state index contributed by atoms with van der Waals surface area (Å²) in [6.45, 7) is 8.99. The minimum Gasteiger partial charge on any atom is -0.237 e. The molecule has 13 heavy (non-hydrogen) atoms. The van der Waals surface area contributed by atoms with E-state index < -0.39 is 0 Å². The number of hydrogen-bond acceptors (Lipinski definition) is 4. The molecule has 0 aromatic rings. The van der Waals surface area contributed by atoms with Crippen molar-refractivity contribution in [2.75, 3.05) is 6.54 Å². The Morgan fingerprint density at radius 3 is 2.46 bits per heavy atom. The summed E-state index contributed by atoms with van der Waals surface area (Å²) in [4.78, 5) is 3.95. The van der Waals surface area contributed by atoms with Crippen LogP contribution in [0, 0.1) is 0 Å². The Bertz CT molecular complexity index is 241. The molecule has 0 unspecified atom stereocenters. The highest BCUT2D eigenvalue weighted by molar-refractivity contribution is 6.65. The first kappa shape index (κ1) is 10.3. The summed E-state index contributed by atoms with van der Waals surface area (Å²) in [5.74, 6) is 0. The smallest absolute Gasteiger partial charge is 0.220 e. The van der Waals surface area contributed by atoms with Crippen molar-refractivity contribution in [3.05, 3.63) is 0 Å². The molecule has 0 saturated heterocycles. The second-order valence-electron chi connectivity index (χ2n) is 3.80. The van der Waals surface area contributed by atoms with E-state index in [9.17, 15) is 0 Å². The molecule has 0 N–H and O–H groups in total. The number of hydrazine groups is 1. The molecule has 0 radical (unpaired) electrons. The average Bonchev–Trinajstić information content (AvgIpc) is 2.01. The van der Waals surface area contributed by atoms with Gasteiger partial charge in [-0.3, -0.25) is 0 Å². The van der Waals surface area contributed by atoms with E-state index in [1.54, 1.807) is 5.12 Å². The van der Waals surface area contributed by atoms with E-state index >= 15 is 0 Å². The number of amidine groups is 1. The van der Waals surface area contributed by atoms with E-state index in [0.29, 0.717) is 5.29 Å². The number of aliphatic imine (C=N–C) groups is 1. The molecule has 0 amide bonds. The molecule has 1 rings (SSSR count). The van der Waals surface area contributed by atoms with Crippen LogP contribution in [-0.4, -0.2) is 33.8 Å². The van der Waals surface area contributed by atoms with E-state index in [1.807, 2.05) is 11.9 Å². The van der Waals surface area contributed by atoms with Gasteiger partial charge in [-0.15, -0.1) is 5.10 Å². The Labute approximate surface area is 83.8 Å². The van der Waals surface area contributed by atoms with Crippen LogP contribution in [0.5, 0.6) is 0 Å². The van der Waals surface area contributed by atoms with Gasteiger partial charge in [0.2, 0.25) is 5.29 Å². The molecule has 0 fully saturated rings. The fourth-order valence-electron chi connectivity index (χ4n) is 1.18. The van der Waals surface area contributed by atoms with Gasteiger partial charge in [0, 0.05) is 0 Å². The van der Waals surface area contributed by atoms with Crippen LogP contribution >= 0.6 is 11.6 Å². The zero-order chi connectivity index (χ0) is 10.1. The zero-order valence-corrected chi connectivity index (χ0v) is 9.21. The lowest BCUT2D eigenvalue weighted by Crippen LogP contribution is -2.53. The molecular weight excluding hydrogens is 188 g/mol. The van der Waals surface area contributed by atoms with Crippen LogP contribution in [0.4, 0.5) is 0 Å². The minimum absolute atomic E-state index is 0.103. The minimum atomic E-state index is -0.103. The topological polar surface area (TPSA) is 31.2 Å². The fraction of sp³-hybridized carbons (Fsp3) is 0.750. The van der Waals surface area contributed by atoms with Gasteiger partial charge in [0.05, 0.1) is 12.1 Å². The third-order valence-electron chi connectivity index (χ3n) is 1.67. The van der Waals surface area contributed by atoms with Gasteiger partial charge < -0.3 is 0 Å². The normalized spacial score (nSPS) is 17.8. The van der Waals surface area contributed by atoms with Crippen molar-refractivity contribution >= 4 is 23.2 Å². The second-order valence-corrected chi connectivity index (χ2v) is 4.14. The number of hydrogen-bond donors (Lipinski definition) is 0. The first-order valence-corrected chi connectivity index (χ1v) is 4.68. The summed E-state index contributed by atoms with van der Waals surface area (Å²) in [5.41, 5.74) is -0.103. The SMILES string of the molecule is CCN1N=CN=C(Cl)N1C(C)(C)C. The van der Waals surface area contributed by atoms with Gasteiger partial charge >= 0.3 is 0 Å². The van der Waals surface area contributed by atoms with Gasteiger partial charge in [-0.05, 0) is 39.3 Å². The molecule has 5 heteroatoms. The van der Waals surface area contributed by atoms with Gasteiger partial charge in [0.25, 0.3) is 0 Å². The Kier molecular flexibility index (Phi) is 2.81. The van der Waals surface area contributed by atoms with E-state index in [0.717, 1.165) is 6.54 Å². The summed E-state index contributed by atoms with van der Waals surface area (Å²) < 4.78 is 0. The van der Waals surface area contributed by atoms with E-state index in [1.165, 1.54) is 6.34 Å². The molecule has 4 nitrogen and oxygen atoms in total. The summed E-state index contributed by atoms with van der Waals surface area (Å²) in [6.07, 6.45) is 1.47. The molecule has 0 atom stereocenters. The summed E-state index contributed by atoms with van der Waals surface area (Å²) in [6, 6.07) is 0. The average molecular weight is 203 g/mol. The maximum Gasteiger partial charge on any atom is 0.220 e. The Hall–Kier alpha value is -0.770. The Balaban J connectivity index is 2.91. The molecule has 1 aliphatic heterocycles. The number of rotatable bonds is 1. The van der Waals surface area contributed by atoms with Gasteiger partial charge in [0.1, 0.15) is 6.34 Å². The van der Waals surface area contributed by atoms with E-state index in [-0.39, 0.29) is 5.54 Å². The number of halogens is 1. The third-order valence-corrected chi connectivity index (χ3v) is 1.93. The predicted molar refractivity (Wildman–Crippen MR) is 55.8 cm³/mol. The standard InChI is InChI=1S/C8H15ClN4/c1-5-12-11-6-10-7(9)13(12)8(2,3)4/h6H,5H2,1-4H3. The lowest BCUT2D eigenvalue weighted by Gasteiger charge is -2.42. The van der Waals surface area contributed by atoms with Gasteiger partial charge in [0.15, 0.2) is 0 Å². The van der Waals surface area contributed by atoms with Crippen LogP contribution in [0.15, 0.2) is 10.1 Å². The molecule has 0 spiro atoms. The largest absolute Gasteiger partial charge is 0.237 e. The van der Waals surface area contributed by atoms with Crippen molar-refractivity contribution in [3.8, 4) is 0 Å². The quantitative estimate of drug-likeness (QED) is 0.608. The molecule has 0 aliphatic carbocycles. The first-order valence-electron chi connectivity index (χ1n) is 4.30. The van der Waals surface area contributed by atoms with Crippen molar-refractivity contribution in [2.24, 2.45) is 10.1 Å². The summed E-state index contributed by atoms with van der Waals surface area (Å²) >= 11 is 5.98. The monoisotopic (exact) mass is 202 g/mol. The molecule has 1 heterocycles. The second kappa shape index (κ2) is 3.54. The van der Waals surface area contributed by atoms with Crippen molar-refractivity contribution in [1.82, 2.24) is 10.1 Å². The van der Waals surface area contributed by atoms with Crippen LogP contribution in [-0.2, 0) is 0 Å². The van der Waals surface area contributed by atoms with Crippen molar-refractivity contribution < 1.29 is 0 Å². The van der Waals surface area contributed by atoms with Gasteiger partial charge in [-0.1, -0.05) is 0 Å². The first-order chi connectivity index (χ1) is 5.96. The molecule has 0 aromatic heterocycles. The molecule has 0 bridgehead atoms. The molecular formula is C8H15ClN4. The summed E-state index contributed by atoms with van der Waals surface area (Å²) in [5, 5.41) is 8.24. The van der Waals surface area contributed by atoms with Crippen molar-refractivity contribution in [2.45, 2.75) is 33.2 Å². The fourth-order valence-corrected chi connectivity index (χ4v) is 1.57. The van der Waals surface area contributed by atoms with Crippen LogP contribution in [0.25, 0.3) is 0 Å². The summed E-state index contributed by atoms with van der Waals surface area (Å²) in [7, 11) is 0. The highest BCUT2D eigenvalue weighted by atomic mass is 35.5. The molecule has 0 saturated carbocycles. The van der Waals surface area contributed by atoms with Gasteiger partial charge in [-0.25, -0.2) is 15.1 Å². The lowest BCUT2D eigenvalue weighted by molar-refractivity contribution is -0.0169. The van der Waals surface area contributed by atoms with Crippen LogP contribution in [0.1, 0.15) is 27.7 Å². The maximum absolute atomic E-state index is 5.98. The number of hydrazone groups is 1. The van der Waals surface area contributed by atoms with Crippen LogP contribution < -0.4 is 0 Å². The van der Waals surface area contributed by atoms with Gasteiger partial charge in [-0.2, -0.15) is 0 Å². The highest BCUT2D eigenvalue weighted by Gasteiger charge is 2.29. The Morgan fingerprint density at radius 1 is 1.46 bits per heavy atom. The molecule has 0 aromatic carbocycles. The van der Waals surface area contributed by atoms with Crippen LogP contribution in [0.2, 0.25) is 0 Å². The zero-order valence-electron chi connectivity index (χ0n) is 8.45. The van der Waals surface area contributed by atoms with Crippen molar-refractivity contribution in [3.63, 3.8) is 0 Å². The number of nitrogens with zero attached hydrogens (tertiary/aromatic N) is 4. The lowest BCUT2D eigenvalue weighted by atomic mass is 10.1. The maximum atomic E-state index is 5.98.